The average molecular weight is 365 g/mol. The predicted molar refractivity (Wildman–Crippen MR) is 106 cm³/mol. The van der Waals surface area contributed by atoms with Gasteiger partial charge in [-0.15, -0.1) is 0 Å². The number of carbonyl (C=O) groups excluding carboxylic acids is 2. The lowest BCUT2D eigenvalue weighted by molar-refractivity contribution is 0.101. The second-order valence-corrected chi connectivity index (χ2v) is 5.88. The average Bonchev–Trinajstić information content (AvgIpc) is 2.64. The van der Waals surface area contributed by atoms with Crippen molar-refractivity contribution in [2.45, 2.75) is 13.8 Å². The summed E-state index contributed by atoms with van der Waals surface area (Å²) in [6.07, 6.45) is 0. The van der Waals surface area contributed by atoms with E-state index in [0.29, 0.717) is 34.5 Å². The van der Waals surface area contributed by atoms with E-state index < -0.39 is 11.7 Å². The number of para-hydroxylation sites is 1. The summed E-state index contributed by atoms with van der Waals surface area (Å²) in [5.74, 6) is -0.108. The number of Topliss-reactive ketones (excluding diaryl/α,β-unsaturated/α-hetero) is 1. The van der Waals surface area contributed by atoms with Crippen molar-refractivity contribution in [3.63, 3.8) is 0 Å². The normalized spacial score (nSPS) is 10.4. The van der Waals surface area contributed by atoms with Gasteiger partial charge in [0.15, 0.2) is 11.5 Å². The second kappa shape index (κ2) is 7.74. The summed E-state index contributed by atoms with van der Waals surface area (Å²) in [5.41, 5.74) is 1.21. The number of hydrogen-bond donors (Lipinski definition) is 3. The van der Waals surface area contributed by atoms with Gasteiger partial charge in [0.2, 0.25) is 0 Å². The quantitative estimate of drug-likeness (QED) is 0.467. The Bertz CT molecular complexity index is 1070. The third kappa shape index (κ3) is 3.98. The van der Waals surface area contributed by atoms with Crippen molar-refractivity contribution < 1.29 is 14.0 Å². The zero-order valence-corrected chi connectivity index (χ0v) is 15.0. The van der Waals surface area contributed by atoms with Gasteiger partial charge in [-0.1, -0.05) is 24.3 Å². The molecule has 0 radical (unpaired) electrons. The van der Waals surface area contributed by atoms with Crippen LogP contribution in [0.25, 0.3) is 11.0 Å². The number of urea groups is 1. The molecular formula is C20H19N3O4. The summed E-state index contributed by atoms with van der Waals surface area (Å²) in [5, 5.41) is 8.96. The molecule has 0 atom stereocenters. The van der Waals surface area contributed by atoms with Crippen molar-refractivity contribution in [1.29, 1.82) is 0 Å². The lowest BCUT2D eigenvalue weighted by Gasteiger charge is -2.14. The Hall–Kier alpha value is -3.61. The Kier molecular flexibility index (Phi) is 5.21. The summed E-state index contributed by atoms with van der Waals surface area (Å²) < 4.78 is 5.30. The molecule has 1 heterocycles. The number of anilines is 3. The Balaban J connectivity index is 1.91. The van der Waals surface area contributed by atoms with E-state index in [2.05, 4.69) is 16.0 Å². The Morgan fingerprint density at radius 1 is 1.00 bits per heavy atom. The molecule has 1 aromatic heterocycles. The van der Waals surface area contributed by atoms with E-state index in [-0.39, 0.29) is 11.5 Å². The van der Waals surface area contributed by atoms with Gasteiger partial charge in [0.25, 0.3) is 0 Å². The molecule has 0 aliphatic rings. The predicted octanol–water partition coefficient (Wildman–Crippen LogP) is 4.07. The third-order valence-corrected chi connectivity index (χ3v) is 3.93. The summed E-state index contributed by atoms with van der Waals surface area (Å²) in [6, 6.07) is 13.0. The molecule has 0 saturated carbocycles. The number of carbonyl (C=O) groups is 2. The largest absolute Gasteiger partial charge is 0.421 e. The molecule has 138 valence electrons. The maximum atomic E-state index is 12.4. The Morgan fingerprint density at radius 3 is 2.52 bits per heavy atom. The minimum Gasteiger partial charge on any atom is -0.421 e. The summed E-state index contributed by atoms with van der Waals surface area (Å²) in [7, 11) is 0. The number of ketones is 1. The van der Waals surface area contributed by atoms with Crippen molar-refractivity contribution in [3.8, 4) is 0 Å². The SMILES string of the molecule is CCNc1c(NC(=O)Nc2cccc(C(C)=O)c2)c(=O)oc2ccccc12. The zero-order valence-electron chi connectivity index (χ0n) is 15.0. The van der Waals surface area contributed by atoms with Gasteiger partial charge >= 0.3 is 11.7 Å². The van der Waals surface area contributed by atoms with Crippen LogP contribution < -0.4 is 21.6 Å². The number of rotatable bonds is 5. The molecule has 0 spiro atoms. The molecule has 3 N–H and O–H groups in total. The Labute approximate surface area is 155 Å². The molecule has 0 bridgehead atoms. The maximum Gasteiger partial charge on any atom is 0.362 e. The van der Waals surface area contributed by atoms with E-state index in [1.54, 1.807) is 42.5 Å². The summed E-state index contributed by atoms with van der Waals surface area (Å²) in [6.45, 7) is 3.90. The number of nitrogens with one attached hydrogen (secondary N) is 3. The molecule has 3 rings (SSSR count). The lowest BCUT2D eigenvalue weighted by atomic mass is 10.1. The molecule has 27 heavy (non-hydrogen) atoms. The molecule has 0 unspecified atom stereocenters. The highest BCUT2D eigenvalue weighted by molar-refractivity contribution is 6.06. The molecule has 0 aliphatic carbocycles. The number of amides is 2. The molecule has 2 amide bonds. The molecular weight excluding hydrogens is 346 g/mol. The minimum atomic E-state index is -0.655. The highest BCUT2D eigenvalue weighted by atomic mass is 16.4. The molecule has 0 fully saturated rings. The molecule has 3 aromatic rings. The summed E-state index contributed by atoms with van der Waals surface area (Å²) in [4.78, 5) is 36.2. The minimum absolute atomic E-state index is 0.0239. The first-order valence-corrected chi connectivity index (χ1v) is 8.48. The van der Waals surface area contributed by atoms with E-state index in [1.165, 1.54) is 6.92 Å². The highest BCUT2D eigenvalue weighted by Crippen LogP contribution is 2.28. The fourth-order valence-corrected chi connectivity index (χ4v) is 2.72. The van der Waals surface area contributed by atoms with Crippen molar-refractivity contribution >= 4 is 39.8 Å². The van der Waals surface area contributed by atoms with E-state index in [0.717, 1.165) is 0 Å². The number of fused-ring (bicyclic) bond motifs is 1. The molecule has 2 aromatic carbocycles. The standard InChI is InChI=1S/C20H19N3O4/c1-3-21-17-15-9-4-5-10-16(15)27-19(25)18(17)23-20(26)22-14-8-6-7-13(11-14)12(2)24/h4-11,21H,3H2,1-2H3,(H2,22,23,26). The monoisotopic (exact) mass is 365 g/mol. The van der Waals surface area contributed by atoms with Crippen LogP contribution in [-0.4, -0.2) is 18.4 Å². The van der Waals surface area contributed by atoms with Gasteiger partial charge in [0.1, 0.15) is 5.58 Å². The topological polar surface area (TPSA) is 100 Å². The van der Waals surface area contributed by atoms with E-state index >= 15 is 0 Å². The molecule has 0 saturated heterocycles. The van der Waals surface area contributed by atoms with Gasteiger partial charge in [-0.2, -0.15) is 0 Å². The lowest BCUT2D eigenvalue weighted by Crippen LogP contribution is -2.24. The number of benzene rings is 2. The van der Waals surface area contributed by atoms with Crippen LogP contribution in [0.1, 0.15) is 24.2 Å². The summed E-state index contributed by atoms with van der Waals surface area (Å²) >= 11 is 0. The first kappa shape index (κ1) is 18.2. The van der Waals surface area contributed by atoms with Crippen LogP contribution in [0.5, 0.6) is 0 Å². The van der Waals surface area contributed by atoms with Crippen molar-refractivity contribution in [2.75, 3.05) is 22.5 Å². The van der Waals surface area contributed by atoms with Gasteiger partial charge in [0, 0.05) is 23.2 Å². The molecule has 7 nitrogen and oxygen atoms in total. The van der Waals surface area contributed by atoms with Crippen LogP contribution in [0, 0.1) is 0 Å². The van der Waals surface area contributed by atoms with Crippen molar-refractivity contribution in [1.82, 2.24) is 0 Å². The second-order valence-electron chi connectivity index (χ2n) is 5.88. The van der Waals surface area contributed by atoms with E-state index in [9.17, 15) is 14.4 Å². The smallest absolute Gasteiger partial charge is 0.362 e. The van der Waals surface area contributed by atoms with Crippen LogP contribution in [0.4, 0.5) is 21.9 Å². The molecule has 7 heteroatoms. The van der Waals surface area contributed by atoms with Crippen LogP contribution in [0.15, 0.2) is 57.7 Å². The first-order chi connectivity index (χ1) is 13.0. The van der Waals surface area contributed by atoms with Gasteiger partial charge in [0.05, 0.1) is 5.69 Å². The Morgan fingerprint density at radius 2 is 1.78 bits per heavy atom. The zero-order chi connectivity index (χ0) is 19.4. The van der Waals surface area contributed by atoms with Crippen molar-refractivity contribution in [2.24, 2.45) is 0 Å². The van der Waals surface area contributed by atoms with Gasteiger partial charge in [-0.3, -0.25) is 10.1 Å². The van der Waals surface area contributed by atoms with Crippen LogP contribution in [0.2, 0.25) is 0 Å². The molecule has 0 aliphatic heterocycles. The fraction of sp³-hybridized carbons (Fsp3) is 0.150. The number of hydrogen-bond acceptors (Lipinski definition) is 5. The van der Waals surface area contributed by atoms with Gasteiger partial charge in [-0.05, 0) is 38.1 Å². The highest BCUT2D eigenvalue weighted by Gasteiger charge is 2.16. The van der Waals surface area contributed by atoms with E-state index in [1.807, 2.05) is 13.0 Å². The first-order valence-electron chi connectivity index (χ1n) is 8.48. The van der Waals surface area contributed by atoms with Crippen molar-refractivity contribution in [3.05, 3.63) is 64.5 Å². The van der Waals surface area contributed by atoms with Gasteiger partial charge in [-0.25, -0.2) is 9.59 Å². The van der Waals surface area contributed by atoms with E-state index in [4.69, 9.17) is 4.42 Å². The van der Waals surface area contributed by atoms with Crippen LogP contribution in [0.3, 0.4) is 0 Å². The maximum absolute atomic E-state index is 12.4. The van der Waals surface area contributed by atoms with Crippen LogP contribution in [-0.2, 0) is 0 Å². The third-order valence-electron chi connectivity index (χ3n) is 3.93. The van der Waals surface area contributed by atoms with Crippen LogP contribution >= 0.6 is 0 Å². The van der Waals surface area contributed by atoms with Gasteiger partial charge < -0.3 is 15.1 Å². The fourth-order valence-electron chi connectivity index (χ4n) is 2.72.